The lowest BCUT2D eigenvalue weighted by Crippen LogP contribution is -2.27. The first-order valence-electron chi connectivity index (χ1n) is 10.1. The van der Waals surface area contributed by atoms with Gasteiger partial charge in [-0.2, -0.15) is 0 Å². The van der Waals surface area contributed by atoms with Crippen molar-refractivity contribution in [2.24, 2.45) is 0 Å². The van der Waals surface area contributed by atoms with E-state index in [0.29, 0.717) is 0 Å². The molecule has 0 aliphatic heterocycles. The molecule has 0 radical (unpaired) electrons. The number of hydrogen-bond acceptors (Lipinski definition) is 4. The highest BCUT2D eigenvalue weighted by molar-refractivity contribution is 5.84. The van der Waals surface area contributed by atoms with E-state index in [2.05, 4.69) is 66.6 Å². The van der Waals surface area contributed by atoms with Crippen molar-refractivity contribution in [3.8, 4) is 0 Å². The van der Waals surface area contributed by atoms with Gasteiger partial charge in [0.05, 0.1) is 11.7 Å². The van der Waals surface area contributed by atoms with Crippen molar-refractivity contribution in [1.82, 2.24) is 20.3 Å². The molecule has 0 saturated carbocycles. The quantitative estimate of drug-likeness (QED) is 0.501. The summed E-state index contributed by atoms with van der Waals surface area (Å²) in [6.45, 7) is 5.05. The number of rotatable bonds is 7. The van der Waals surface area contributed by atoms with Gasteiger partial charge in [-0.25, -0.2) is 0 Å². The number of pyridine rings is 3. The molecule has 1 atom stereocenters. The van der Waals surface area contributed by atoms with Gasteiger partial charge in [0.25, 0.3) is 0 Å². The Morgan fingerprint density at radius 3 is 2.59 bits per heavy atom. The van der Waals surface area contributed by atoms with Crippen molar-refractivity contribution >= 4 is 10.8 Å². The number of nitrogens with zero attached hydrogens (tertiary/aromatic N) is 3. The van der Waals surface area contributed by atoms with E-state index in [9.17, 15) is 0 Å². The molecule has 0 fully saturated rings. The summed E-state index contributed by atoms with van der Waals surface area (Å²) >= 11 is 0. The molecule has 1 unspecified atom stereocenters. The zero-order valence-electron chi connectivity index (χ0n) is 17.0. The SMILES string of the molecule is Cc1cnc(CC(NCCc2ccccn2)c2nccc3ccccc23)c(C)c1. The van der Waals surface area contributed by atoms with Crippen molar-refractivity contribution in [3.05, 3.63) is 101 Å². The maximum absolute atomic E-state index is 4.77. The van der Waals surface area contributed by atoms with Crippen LogP contribution in [0.15, 0.2) is 73.2 Å². The molecule has 0 spiro atoms. The van der Waals surface area contributed by atoms with E-state index in [4.69, 9.17) is 9.97 Å². The molecule has 4 nitrogen and oxygen atoms in total. The molecule has 3 aromatic heterocycles. The summed E-state index contributed by atoms with van der Waals surface area (Å²) in [5.41, 5.74) is 5.69. The summed E-state index contributed by atoms with van der Waals surface area (Å²) in [7, 11) is 0. The number of fused-ring (bicyclic) bond motifs is 1. The number of nitrogens with one attached hydrogen (secondary N) is 1. The number of aryl methyl sites for hydroxylation is 2. The molecule has 0 saturated heterocycles. The maximum Gasteiger partial charge on any atom is 0.0655 e. The van der Waals surface area contributed by atoms with E-state index in [0.717, 1.165) is 36.5 Å². The Balaban J connectivity index is 1.62. The van der Waals surface area contributed by atoms with Gasteiger partial charge in [-0.05, 0) is 48.6 Å². The smallest absolute Gasteiger partial charge is 0.0655 e. The molecule has 146 valence electrons. The Morgan fingerprint density at radius 2 is 1.76 bits per heavy atom. The minimum absolute atomic E-state index is 0.0821. The number of benzene rings is 1. The third kappa shape index (κ3) is 4.66. The lowest BCUT2D eigenvalue weighted by molar-refractivity contribution is 0.518. The fourth-order valence-electron chi connectivity index (χ4n) is 3.76. The normalized spacial score (nSPS) is 12.2. The summed E-state index contributed by atoms with van der Waals surface area (Å²) in [5, 5.41) is 6.13. The summed E-state index contributed by atoms with van der Waals surface area (Å²) in [5.74, 6) is 0. The van der Waals surface area contributed by atoms with Crippen molar-refractivity contribution in [2.45, 2.75) is 32.7 Å². The van der Waals surface area contributed by atoms with Crippen LogP contribution in [0.25, 0.3) is 10.8 Å². The molecule has 4 aromatic rings. The van der Waals surface area contributed by atoms with Crippen molar-refractivity contribution < 1.29 is 0 Å². The van der Waals surface area contributed by atoms with Crippen molar-refractivity contribution in [3.63, 3.8) is 0 Å². The summed E-state index contributed by atoms with van der Waals surface area (Å²) < 4.78 is 0. The Bertz CT molecular complexity index is 1090. The van der Waals surface area contributed by atoms with E-state index in [1.165, 1.54) is 21.9 Å². The van der Waals surface area contributed by atoms with E-state index in [1.54, 1.807) is 0 Å². The average molecular weight is 383 g/mol. The molecule has 3 heterocycles. The molecule has 1 N–H and O–H groups in total. The van der Waals surface area contributed by atoms with Gasteiger partial charge in [-0.1, -0.05) is 36.4 Å². The summed E-state index contributed by atoms with van der Waals surface area (Å²) in [4.78, 5) is 13.9. The van der Waals surface area contributed by atoms with Crippen LogP contribution in [-0.4, -0.2) is 21.5 Å². The Hall–Kier alpha value is -3.11. The van der Waals surface area contributed by atoms with Gasteiger partial charge in [0.1, 0.15) is 0 Å². The van der Waals surface area contributed by atoms with Gasteiger partial charge < -0.3 is 5.32 Å². The first kappa shape index (κ1) is 19.2. The third-order valence-corrected chi connectivity index (χ3v) is 5.25. The minimum atomic E-state index is 0.0821. The van der Waals surface area contributed by atoms with Gasteiger partial charge in [-0.15, -0.1) is 0 Å². The summed E-state index contributed by atoms with van der Waals surface area (Å²) in [6, 6.07) is 18.8. The molecule has 0 aliphatic rings. The zero-order chi connectivity index (χ0) is 20.1. The molecule has 4 heteroatoms. The highest BCUT2D eigenvalue weighted by Gasteiger charge is 2.18. The fraction of sp³-hybridized carbons (Fsp3) is 0.240. The average Bonchev–Trinajstić information content (AvgIpc) is 2.75. The van der Waals surface area contributed by atoms with Gasteiger partial charge in [0.15, 0.2) is 0 Å². The number of aromatic nitrogens is 3. The fourth-order valence-corrected chi connectivity index (χ4v) is 3.76. The predicted octanol–water partition coefficient (Wildman–Crippen LogP) is 4.76. The van der Waals surface area contributed by atoms with E-state index >= 15 is 0 Å². The monoisotopic (exact) mass is 382 g/mol. The molecule has 1 aromatic carbocycles. The Morgan fingerprint density at radius 1 is 0.897 bits per heavy atom. The summed E-state index contributed by atoms with van der Waals surface area (Å²) in [6.07, 6.45) is 7.38. The molecule has 0 aliphatic carbocycles. The second-order valence-electron chi connectivity index (χ2n) is 7.48. The largest absolute Gasteiger partial charge is 0.308 e. The number of hydrogen-bond donors (Lipinski definition) is 1. The second kappa shape index (κ2) is 8.93. The van der Waals surface area contributed by atoms with Crippen LogP contribution in [0.2, 0.25) is 0 Å². The molecule has 0 bridgehead atoms. The lowest BCUT2D eigenvalue weighted by atomic mass is 9.98. The first-order chi connectivity index (χ1) is 14.2. The Labute approximate surface area is 172 Å². The van der Waals surface area contributed by atoms with Gasteiger partial charge >= 0.3 is 0 Å². The van der Waals surface area contributed by atoms with Crippen molar-refractivity contribution in [1.29, 1.82) is 0 Å². The highest BCUT2D eigenvalue weighted by atomic mass is 14.9. The van der Waals surface area contributed by atoms with Crippen LogP contribution in [0.5, 0.6) is 0 Å². The molecular formula is C25H26N4. The van der Waals surface area contributed by atoms with Crippen LogP contribution in [0.4, 0.5) is 0 Å². The van der Waals surface area contributed by atoms with E-state index < -0.39 is 0 Å². The molecule has 0 amide bonds. The second-order valence-corrected chi connectivity index (χ2v) is 7.48. The molecule has 29 heavy (non-hydrogen) atoms. The zero-order valence-corrected chi connectivity index (χ0v) is 17.0. The van der Waals surface area contributed by atoms with E-state index in [-0.39, 0.29) is 6.04 Å². The maximum atomic E-state index is 4.77. The van der Waals surface area contributed by atoms with Gasteiger partial charge in [0.2, 0.25) is 0 Å². The molecular weight excluding hydrogens is 356 g/mol. The van der Waals surface area contributed by atoms with Crippen LogP contribution in [-0.2, 0) is 12.8 Å². The highest BCUT2D eigenvalue weighted by Crippen LogP contribution is 2.25. The third-order valence-electron chi connectivity index (χ3n) is 5.25. The first-order valence-corrected chi connectivity index (χ1v) is 10.1. The standard InChI is InChI=1S/C25H26N4/c1-18-15-19(2)23(29-17-18)16-24(27-14-11-21-8-5-6-12-26-21)25-22-9-4-3-7-20(22)10-13-28-25/h3-10,12-13,15,17,24,27H,11,14,16H2,1-2H3. The lowest BCUT2D eigenvalue weighted by Gasteiger charge is -2.21. The van der Waals surface area contributed by atoms with E-state index in [1.807, 2.05) is 30.7 Å². The molecule has 4 rings (SSSR count). The van der Waals surface area contributed by atoms with Crippen LogP contribution < -0.4 is 5.32 Å². The Kier molecular flexibility index (Phi) is 5.92. The minimum Gasteiger partial charge on any atom is -0.308 e. The predicted molar refractivity (Wildman–Crippen MR) is 118 cm³/mol. The topological polar surface area (TPSA) is 50.7 Å². The van der Waals surface area contributed by atoms with Crippen molar-refractivity contribution in [2.75, 3.05) is 6.54 Å². The van der Waals surface area contributed by atoms with Crippen LogP contribution in [0, 0.1) is 13.8 Å². The van der Waals surface area contributed by atoms with Gasteiger partial charge in [-0.3, -0.25) is 15.0 Å². The van der Waals surface area contributed by atoms with Crippen LogP contribution in [0.1, 0.15) is 34.3 Å². The van der Waals surface area contributed by atoms with Crippen LogP contribution >= 0.6 is 0 Å². The van der Waals surface area contributed by atoms with Crippen LogP contribution in [0.3, 0.4) is 0 Å². The van der Waals surface area contributed by atoms with Gasteiger partial charge in [0, 0.05) is 54.8 Å².